The van der Waals surface area contributed by atoms with Crippen LogP contribution in [0.15, 0.2) is 42.7 Å². The van der Waals surface area contributed by atoms with Crippen LogP contribution in [-0.4, -0.2) is 15.2 Å². The molecule has 3 nitrogen and oxygen atoms in total. The van der Waals surface area contributed by atoms with E-state index in [9.17, 15) is 10.2 Å². The molecule has 0 aliphatic heterocycles. The Hall–Kier alpha value is -1.87. The van der Waals surface area contributed by atoms with Gasteiger partial charge >= 0.3 is 0 Å². The zero-order chi connectivity index (χ0) is 14.0. The first-order chi connectivity index (χ1) is 8.89. The molecule has 1 atom stereocenters. The number of phenolic OH excluding ortho intramolecular Hbond substituents is 1. The number of rotatable bonds is 2. The van der Waals surface area contributed by atoms with Crippen molar-refractivity contribution in [3.05, 3.63) is 59.4 Å². The van der Waals surface area contributed by atoms with Crippen molar-refractivity contribution in [2.45, 2.75) is 32.3 Å². The Balaban J connectivity index is 2.45. The first kappa shape index (κ1) is 13.6. The fraction of sp³-hybridized carbons (Fsp3) is 0.312. The number of nitrogens with zero attached hydrogens (tertiary/aromatic N) is 1. The number of phenols is 1. The minimum atomic E-state index is -0.842. The van der Waals surface area contributed by atoms with E-state index in [0.717, 1.165) is 11.1 Å². The Bertz CT molecular complexity index is 559. The van der Waals surface area contributed by atoms with Crippen LogP contribution < -0.4 is 0 Å². The fourth-order valence-corrected chi connectivity index (χ4v) is 1.97. The summed E-state index contributed by atoms with van der Waals surface area (Å²) in [6, 6.07) is 8.88. The van der Waals surface area contributed by atoms with Crippen LogP contribution in [0.1, 0.15) is 43.6 Å². The van der Waals surface area contributed by atoms with Gasteiger partial charge in [0.15, 0.2) is 0 Å². The summed E-state index contributed by atoms with van der Waals surface area (Å²) >= 11 is 0. The highest BCUT2D eigenvalue weighted by atomic mass is 16.3. The van der Waals surface area contributed by atoms with Crippen molar-refractivity contribution in [1.29, 1.82) is 0 Å². The zero-order valence-electron chi connectivity index (χ0n) is 11.5. The van der Waals surface area contributed by atoms with Crippen molar-refractivity contribution < 1.29 is 10.2 Å². The van der Waals surface area contributed by atoms with E-state index >= 15 is 0 Å². The zero-order valence-corrected chi connectivity index (χ0v) is 11.5. The van der Waals surface area contributed by atoms with E-state index in [-0.39, 0.29) is 11.2 Å². The summed E-state index contributed by atoms with van der Waals surface area (Å²) < 4.78 is 0. The van der Waals surface area contributed by atoms with Crippen LogP contribution in [0.25, 0.3) is 0 Å². The van der Waals surface area contributed by atoms with Crippen molar-refractivity contribution in [1.82, 2.24) is 4.98 Å². The van der Waals surface area contributed by atoms with E-state index in [0.29, 0.717) is 5.56 Å². The Morgan fingerprint density at radius 1 is 1.05 bits per heavy atom. The Morgan fingerprint density at radius 3 is 2.26 bits per heavy atom. The lowest BCUT2D eigenvalue weighted by molar-refractivity contribution is 0.215. The van der Waals surface area contributed by atoms with Crippen molar-refractivity contribution in [2.75, 3.05) is 0 Å². The molecule has 0 unspecified atom stereocenters. The maximum Gasteiger partial charge on any atom is 0.121 e. The van der Waals surface area contributed by atoms with Crippen LogP contribution in [0.5, 0.6) is 5.75 Å². The van der Waals surface area contributed by atoms with E-state index in [2.05, 4.69) is 25.8 Å². The first-order valence-electron chi connectivity index (χ1n) is 6.31. The smallest absolute Gasteiger partial charge is 0.121 e. The topological polar surface area (TPSA) is 53.4 Å². The molecule has 2 N–H and O–H groups in total. The molecule has 0 aliphatic carbocycles. The second-order valence-electron chi connectivity index (χ2n) is 5.71. The van der Waals surface area contributed by atoms with Crippen LogP contribution in [0.4, 0.5) is 0 Å². The number of aromatic nitrogens is 1. The lowest BCUT2D eigenvalue weighted by Crippen LogP contribution is -2.12. The van der Waals surface area contributed by atoms with E-state index in [1.54, 1.807) is 30.6 Å². The van der Waals surface area contributed by atoms with Gasteiger partial charge in [0.25, 0.3) is 0 Å². The molecule has 1 aromatic heterocycles. The van der Waals surface area contributed by atoms with Crippen LogP contribution in [-0.2, 0) is 5.41 Å². The van der Waals surface area contributed by atoms with Crippen molar-refractivity contribution in [3.8, 4) is 5.75 Å². The average Bonchev–Trinajstić information content (AvgIpc) is 2.38. The maximum atomic E-state index is 10.4. The second kappa shape index (κ2) is 5.02. The summed E-state index contributed by atoms with van der Waals surface area (Å²) in [7, 11) is 0. The Kier molecular flexibility index (Phi) is 3.58. The SMILES string of the molecule is CC(C)(C)c1ccc(O)c([C@@H](O)c2ccncc2)c1. The summed E-state index contributed by atoms with van der Waals surface area (Å²) in [4.78, 5) is 3.93. The molecule has 0 radical (unpaired) electrons. The van der Waals surface area contributed by atoms with Crippen molar-refractivity contribution in [2.24, 2.45) is 0 Å². The van der Waals surface area contributed by atoms with Gasteiger partial charge in [0, 0.05) is 18.0 Å². The average molecular weight is 257 g/mol. The number of aliphatic hydroxyl groups is 1. The third-order valence-corrected chi connectivity index (χ3v) is 3.21. The van der Waals surface area contributed by atoms with Gasteiger partial charge in [-0.05, 0) is 40.8 Å². The molecule has 0 saturated carbocycles. The number of hydrogen-bond donors (Lipinski definition) is 2. The molecule has 1 heterocycles. The van der Waals surface area contributed by atoms with Gasteiger partial charge in [-0.2, -0.15) is 0 Å². The highest BCUT2D eigenvalue weighted by Crippen LogP contribution is 2.33. The number of pyridine rings is 1. The Labute approximate surface area is 113 Å². The van der Waals surface area contributed by atoms with Crippen molar-refractivity contribution in [3.63, 3.8) is 0 Å². The summed E-state index contributed by atoms with van der Waals surface area (Å²) in [5, 5.41) is 20.3. The molecule has 0 saturated heterocycles. The predicted molar refractivity (Wildman–Crippen MR) is 75.1 cm³/mol. The molecule has 0 fully saturated rings. The van der Waals surface area contributed by atoms with Crippen LogP contribution >= 0.6 is 0 Å². The third kappa shape index (κ3) is 2.93. The van der Waals surface area contributed by atoms with Crippen LogP contribution in [0.3, 0.4) is 0 Å². The highest BCUT2D eigenvalue weighted by molar-refractivity contribution is 5.43. The summed E-state index contributed by atoms with van der Waals surface area (Å²) in [6.07, 6.45) is 2.41. The van der Waals surface area contributed by atoms with Gasteiger partial charge < -0.3 is 10.2 Å². The summed E-state index contributed by atoms with van der Waals surface area (Å²) in [5.74, 6) is 0.109. The molecule has 0 spiro atoms. The number of benzene rings is 1. The van der Waals surface area contributed by atoms with E-state index in [1.165, 1.54) is 0 Å². The molecule has 2 aromatic rings. The van der Waals surface area contributed by atoms with Gasteiger partial charge in [0.05, 0.1) is 0 Å². The standard InChI is InChI=1S/C16H19NO2/c1-16(2,3)12-4-5-14(18)13(10-12)15(19)11-6-8-17-9-7-11/h4-10,15,18-19H,1-3H3/t15-/m0/s1. The lowest BCUT2D eigenvalue weighted by Gasteiger charge is -2.22. The summed E-state index contributed by atoms with van der Waals surface area (Å²) in [6.45, 7) is 6.30. The molecular weight excluding hydrogens is 238 g/mol. The molecule has 0 bridgehead atoms. The molecule has 19 heavy (non-hydrogen) atoms. The van der Waals surface area contributed by atoms with E-state index < -0.39 is 6.10 Å². The normalized spacial score (nSPS) is 13.3. The highest BCUT2D eigenvalue weighted by Gasteiger charge is 2.19. The van der Waals surface area contributed by atoms with Crippen LogP contribution in [0.2, 0.25) is 0 Å². The number of hydrogen-bond acceptors (Lipinski definition) is 3. The van der Waals surface area contributed by atoms with Gasteiger partial charge in [-0.15, -0.1) is 0 Å². The summed E-state index contributed by atoms with van der Waals surface area (Å²) in [5.41, 5.74) is 2.30. The van der Waals surface area contributed by atoms with E-state index in [4.69, 9.17) is 0 Å². The minimum Gasteiger partial charge on any atom is -0.508 e. The number of aliphatic hydroxyl groups excluding tert-OH is 1. The monoisotopic (exact) mass is 257 g/mol. The van der Waals surface area contributed by atoms with Gasteiger partial charge in [-0.3, -0.25) is 4.98 Å². The minimum absolute atomic E-state index is 0.0274. The molecule has 0 amide bonds. The van der Waals surface area contributed by atoms with Gasteiger partial charge in [0.1, 0.15) is 11.9 Å². The second-order valence-corrected chi connectivity index (χ2v) is 5.71. The largest absolute Gasteiger partial charge is 0.508 e. The maximum absolute atomic E-state index is 10.4. The van der Waals surface area contributed by atoms with Gasteiger partial charge in [0.2, 0.25) is 0 Å². The third-order valence-electron chi connectivity index (χ3n) is 3.21. The van der Waals surface area contributed by atoms with Crippen LogP contribution in [0, 0.1) is 0 Å². The molecule has 1 aromatic carbocycles. The molecule has 100 valence electrons. The quantitative estimate of drug-likeness (QED) is 0.868. The fourth-order valence-electron chi connectivity index (χ4n) is 1.97. The molecular formula is C16H19NO2. The van der Waals surface area contributed by atoms with Crippen molar-refractivity contribution >= 4 is 0 Å². The molecule has 2 rings (SSSR count). The molecule has 0 aliphatic rings. The van der Waals surface area contributed by atoms with Gasteiger partial charge in [-0.25, -0.2) is 0 Å². The first-order valence-corrected chi connectivity index (χ1v) is 6.31. The van der Waals surface area contributed by atoms with Gasteiger partial charge in [-0.1, -0.05) is 26.8 Å². The Morgan fingerprint density at radius 2 is 1.68 bits per heavy atom. The van der Waals surface area contributed by atoms with E-state index in [1.807, 2.05) is 12.1 Å². The molecule has 3 heteroatoms. The number of aromatic hydroxyl groups is 1. The predicted octanol–water partition coefficient (Wildman–Crippen LogP) is 3.17. The lowest BCUT2D eigenvalue weighted by atomic mass is 9.85.